The van der Waals surface area contributed by atoms with Crippen LogP contribution in [0, 0.1) is 52.3 Å². The maximum atomic E-state index is 12.6. The zero-order valence-corrected chi connectivity index (χ0v) is 59.3. The van der Waals surface area contributed by atoms with Crippen molar-refractivity contribution >= 4 is 0 Å². The molecule has 37 heteroatoms. The van der Waals surface area contributed by atoms with Gasteiger partial charge in [-0.25, -0.2) is 0 Å². The second-order valence-electron chi connectivity index (χ2n) is 32.3. The highest BCUT2D eigenvalue weighted by molar-refractivity contribution is 5.15. The summed E-state index contributed by atoms with van der Waals surface area (Å²) < 4.78 is 90.1. The molecule has 8 heterocycles. The summed E-state index contributed by atoms with van der Waals surface area (Å²) in [4.78, 5) is 0. The van der Waals surface area contributed by atoms with Gasteiger partial charge in [0.05, 0.1) is 64.6 Å². The number of hydrogen-bond acceptors (Lipinski definition) is 37. The maximum absolute atomic E-state index is 12.6. The first-order chi connectivity index (χ1) is 49.7. The van der Waals surface area contributed by atoms with Crippen molar-refractivity contribution in [1.29, 1.82) is 0 Å². The molecule has 0 aromatic carbocycles. The highest BCUT2D eigenvalue weighted by Gasteiger charge is 2.69. The highest BCUT2D eigenvalue weighted by atomic mass is 16.8. The summed E-state index contributed by atoms with van der Waals surface area (Å²) in [6.07, 6.45) is -53.9. The Morgan fingerprint density at radius 1 is 0.429 bits per heavy atom. The lowest BCUT2D eigenvalue weighted by Gasteiger charge is -2.61. The molecule has 1 unspecified atom stereocenters. The van der Waals surface area contributed by atoms with Gasteiger partial charge in [0.25, 0.3) is 0 Å². The summed E-state index contributed by atoms with van der Waals surface area (Å²) in [6, 6.07) is 0. The predicted octanol–water partition coefficient (Wildman–Crippen LogP) is -8.82. The van der Waals surface area contributed by atoms with Crippen molar-refractivity contribution in [2.75, 3.05) is 46.2 Å². The van der Waals surface area contributed by atoms with Gasteiger partial charge in [0.1, 0.15) is 159 Å². The Labute approximate surface area is 605 Å². The van der Waals surface area contributed by atoms with Gasteiger partial charge in [0.15, 0.2) is 49.8 Å². The zero-order chi connectivity index (χ0) is 76.0. The van der Waals surface area contributed by atoms with Crippen LogP contribution in [0.3, 0.4) is 0 Å². The van der Waals surface area contributed by atoms with E-state index in [1.807, 2.05) is 6.92 Å². The third-order valence-electron chi connectivity index (χ3n) is 26.0. The molecule has 0 radical (unpaired) electrons. The van der Waals surface area contributed by atoms with Crippen LogP contribution in [0.15, 0.2) is 0 Å². The quantitative estimate of drug-likeness (QED) is 0.0423. The summed E-state index contributed by atoms with van der Waals surface area (Å²) in [5, 5.41) is 240. The molecule has 37 nitrogen and oxygen atoms in total. The average molecular weight is 1520 g/mol. The molecular weight excluding hydrogens is 1410 g/mol. The summed E-state index contributed by atoms with van der Waals surface area (Å²) in [5.74, 6) is -0.455. The minimum atomic E-state index is -2.23. The molecular formula is C68H114O37. The Hall–Kier alpha value is -1.48. The fourth-order valence-electron chi connectivity index (χ4n) is 19.7. The number of fused-ring (bicyclic) bond motifs is 7. The molecule has 12 rings (SSSR count). The maximum Gasteiger partial charge on any atom is 0.187 e. The first-order valence-corrected chi connectivity index (χ1v) is 37.2. The molecule has 46 atom stereocenters. The van der Waals surface area contributed by atoms with Gasteiger partial charge in [-0.15, -0.1) is 0 Å². The van der Waals surface area contributed by atoms with Gasteiger partial charge in [0, 0.05) is 12.3 Å². The van der Waals surface area contributed by atoms with Gasteiger partial charge in [-0.2, -0.15) is 0 Å². The average Bonchev–Trinajstić information content (AvgIpc) is 1.54. The molecule has 8 saturated heterocycles. The smallest absolute Gasteiger partial charge is 0.187 e. The molecule has 12 fully saturated rings. The fourth-order valence-corrected chi connectivity index (χ4v) is 19.7. The van der Waals surface area contributed by atoms with Crippen LogP contribution in [0.2, 0.25) is 0 Å². The van der Waals surface area contributed by atoms with Crippen molar-refractivity contribution in [3.05, 3.63) is 0 Å². The van der Waals surface area contributed by atoms with E-state index in [4.69, 9.17) is 71.1 Å². The monoisotopic (exact) mass is 1520 g/mol. The largest absolute Gasteiger partial charge is 0.394 e. The Balaban J connectivity index is 0.708. The third kappa shape index (κ3) is 15.9. The van der Waals surface area contributed by atoms with E-state index >= 15 is 0 Å². The van der Waals surface area contributed by atoms with E-state index in [1.54, 1.807) is 0 Å². The molecule has 0 spiro atoms. The standard InChI is InChI=1S/C68H114O37/c1-23(20-91-59-49(84)45(80)41(76)33(16-69)96-59)8-13-68(90)24(2)38-32(105-68)15-30-28-7-6-26-14-27(9-11-66(26,4)29(28)10-12-67(30,38)5)95-65-58(104-62-51(86)44(79)39(74)25(3)94-62)53(88)55(36(19-72)99-65)102-64-54(89)57(43(78)35(18-71)98-64)103-63-52(87)47(82)56(101-61-48(83)40(75)31(73)21-92-61)37(100-63)22-93-60-50(85)46(81)42(77)34(17-70)97-60/h23-65,69-90H,6-22H2,1-5H3/t23-,24+,25+,26+,27+,28-,29+,30+,31-,32+,33-,34-,35-,36-,37-,38+,39+,40+,41-,42-,43-,44-,45+,46+,47-,48-,49-,50-,51-,52-,53+,54-,55-,56-,57+,58-,59-,60-,61+,62+,63+,64+,65-,66+,67+,68?/m1/s1. The Morgan fingerprint density at radius 2 is 0.943 bits per heavy atom. The summed E-state index contributed by atoms with van der Waals surface area (Å²) in [5.41, 5.74) is -0.258. The van der Waals surface area contributed by atoms with E-state index in [2.05, 4.69) is 20.8 Å². The molecule has 4 aliphatic carbocycles. The van der Waals surface area contributed by atoms with E-state index in [-0.39, 0.29) is 47.2 Å². The van der Waals surface area contributed by atoms with Crippen LogP contribution < -0.4 is 0 Å². The first-order valence-electron chi connectivity index (χ1n) is 37.2. The van der Waals surface area contributed by atoms with Crippen LogP contribution in [0.4, 0.5) is 0 Å². The Bertz CT molecular complexity index is 2770. The molecule has 608 valence electrons. The van der Waals surface area contributed by atoms with Gasteiger partial charge in [-0.1, -0.05) is 27.7 Å². The van der Waals surface area contributed by atoms with Gasteiger partial charge >= 0.3 is 0 Å². The van der Waals surface area contributed by atoms with E-state index in [0.717, 1.165) is 38.5 Å². The first kappa shape index (κ1) is 83.0. The van der Waals surface area contributed by atoms with Crippen molar-refractivity contribution in [3.8, 4) is 0 Å². The van der Waals surface area contributed by atoms with Gasteiger partial charge < -0.3 is 183 Å². The third-order valence-corrected chi connectivity index (χ3v) is 26.0. The van der Waals surface area contributed by atoms with Crippen LogP contribution in [-0.2, 0) is 71.1 Å². The lowest BCUT2D eigenvalue weighted by atomic mass is 9.44. The van der Waals surface area contributed by atoms with Crippen molar-refractivity contribution in [2.45, 2.75) is 326 Å². The van der Waals surface area contributed by atoms with Gasteiger partial charge in [0.2, 0.25) is 0 Å². The molecule has 0 aromatic rings. The molecule has 0 aromatic heterocycles. The van der Waals surface area contributed by atoms with Crippen molar-refractivity contribution < 1.29 is 183 Å². The van der Waals surface area contributed by atoms with E-state index in [1.165, 1.54) is 6.92 Å². The summed E-state index contributed by atoms with van der Waals surface area (Å²) in [6.45, 7) is 5.46. The van der Waals surface area contributed by atoms with Crippen molar-refractivity contribution in [2.24, 2.45) is 52.3 Å². The molecule has 12 aliphatic rings. The fraction of sp³-hybridized carbons (Fsp3) is 1.00. The number of rotatable bonds is 23. The van der Waals surface area contributed by atoms with E-state index in [9.17, 15) is 112 Å². The van der Waals surface area contributed by atoms with Crippen LogP contribution in [0.1, 0.15) is 98.8 Å². The molecule has 105 heavy (non-hydrogen) atoms. The normalized spacial score (nSPS) is 55.6. The summed E-state index contributed by atoms with van der Waals surface area (Å²) in [7, 11) is 0. The minimum absolute atomic E-state index is 0.0909. The van der Waals surface area contributed by atoms with Gasteiger partial charge in [-0.05, 0) is 111 Å². The van der Waals surface area contributed by atoms with Crippen LogP contribution in [0.5, 0.6) is 0 Å². The van der Waals surface area contributed by atoms with Crippen LogP contribution in [0.25, 0.3) is 0 Å². The second kappa shape index (κ2) is 33.5. The summed E-state index contributed by atoms with van der Waals surface area (Å²) >= 11 is 0. The van der Waals surface area contributed by atoms with E-state index in [0.29, 0.717) is 43.4 Å². The lowest BCUT2D eigenvalue weighted by molar-refractivity contribution is -0.400. The topological polar surface area (TPSA) is 584 Å². The predicted molar refractivity (Wildman–Crippen MR) is 342 cm³/mol. The molecule has 22 N–H and O–H groups in total. The molecule has 0 bridgehead atoms. The second-order valence-corrected chi connectivity index (χ2v) is 32.3. The Kier molecular flexibility index (Phi) is 26.5. The van der Waals surface area contributed by atoms with Crippen molar-refractivity contribution in [3.63, 3.8) is 0 Å². The number of aliphatic hydroxyl groups excluding tert-OH is 21. The zero-order valence-electron chi connectivity index (χ0n) is 59.3. The van der Waals surface area contributed by atoms with Gasteiger partial charge in [-0.3, -0.25) is 0 Å². The number of ether oxygens (including phenoxy) is 15. The van der Waals surface area contributed by atoms with Crippen LogP contribution in [-0.4, -0.2) is 385 Å². The molecule has 4 saturated carbocycles. The van der Waals surface area contributed by atoms with Crippen molar-refractivity contribution in [1.82, 2.24) is 0 Å². The molecule has 0 amide bonds. The minimum Gasteiger partial charge on any atom is -0.394 e. The SMILES string of the molecule is C[C@H](CCC1(O)O[C@H]2C[C@H]3[C@@H]4CC[C@H]5C[C@@H](O[C@@H]6O[C@H](CO)[C@@H](O[C@@H]7O[C@H](CO)[C@@H](O)[C@H](O[C@@H]8O[C@H](CO[C@@H]9O[C@H](CO)[C@@H](O)[C@H](O)[C@H]9O)[C@@H](O[C@@H]9OC[C@@H](O)[C@H](O)[C@H]9O)[C@H](O)[C@H]8O)[C@H]7O)[C@H](O)[C@H]6O[C@@H]6O[C@@H](C)[C@H](O)[C@@H](O)[C@H]6O)CC[C@]5(C)[C@H]4CC[C@]3(C)[C@H]2[C@@H]1C)CO[C@@H]1O[C@H](CO)[C@@H](O)[C@H](O)[C@H]1O. The molecule has 8 aliphatic heterocycles. The number of aliphatic hydroxyl groups is 22. The Morgan fingerprint density at radius 3 is 1.60 bits per heavy atom. The van der Waals surface area contributed by atoms with Crippen LogP contribution >= 0.6 is 0 Å². The highest BCUT2D eigenvalue weighted by Crippen LogP contribution is 2.71. The lowest BCUT2D eigenvalue weighted by Crippen LogP contribution is -2.68. The van der Waals surface area contributed by atoms with E-state index < -0.39 is 260 Å². The number of hydrogen-bond donors (Lipinski definition) is 22.